The summed E-state index contributed by atoms with van der Waals surface area (Å²) >= 11 is 5.72. The number of hydrogen-bond acceptors (Lipinski definition) is 11. The lowest BCUT2D eigenvalue weighted by molar-refractivity contribution is 0.122. The van der Waals surface area contributed by atoms with Gasteiger partial charge in [0.05, 0.1) is 25.8 Å². The molecule has 2 aromatic heterocycles. The van der Waals surface area contributed by atoms with Crippen LogP contribution >= 0.6 is 24.0 Å². The predicted octanol–water partition coefficient (Wildman–Crippen LogP) is 3.16. The number of imidazole rings is 1. The van der Waals surface area contributed by atoms with Crippen molar-refractivity contribution in [2.24, 2.45) is 0 Å². The van der Waals surface area contributed by atoms with Crippen LogP contribution in [0, 0.1) is 0 Å². The molecular formula is C27H39Cl2F2N9O4S. The number of aromatic nitrogens is 5. The van der Waals surface area contributed by atoms with Gasteiger partial charge in [-0.2, -0.15) is 15.0 Å². The molecule has 2 saturated heterocycles. The van der Waals surface area contributed by atoms with Crippen LogP contribution in [0.2, 0.25) is 0 Å². The molecule has 2 aliphatic heterocycles. The molecule has 0 N–H and O–H groups in total. The summed E-state index contributed by atoms with van der Waals surface area (Å²) in [5, 5.41) is -0.472. The highest BCUT2D eigenvalue weighted by molar-refractivity contribution is 7.90. The number of alkyl halides is 3. The summed E-state index contributed by atoms with van der Waals surface area (Å²) in [7, 11) is 1.90. The van der Waals surface area contributed by atoms with Gasteiger partial charge in [0, 0.05) is 38.8 Å². The highest BCUT2D eigenvalue weighted by Crippen LogP contribution is 2.33. The first-order valence-corrected chi connectivity index (χ1v) is 16.6. The number of halogens is 4. The Hall–Kier alpha value is -2.63. The van der Waals surface area contributed by atoms with Crippen molar-refractivity contribution in [2.45, 2.75) is 31.7 Å². The molecule has 0 amide bonds. The topological polar surface area (TPSA) is 122 Å². The van der Waals surface area contributed by atoms with E-state index in [0.717, 1.165) is 13.0 Å². The molecule has 45 heavy (non-hydrogen) atoms. The molecule has 0 radical (unpaired) electrons. The quantitative estimate of drug-likeness (QED) is 0.260. The number of morpholine rings is 1. The monoisotopic (exact) mass is 693 g/mol. The van der Waals surface area contributed by atoms with Gasteiger partial charge < -0.3 is 24.2 Å². The first-order valence-electron chi connectivity index (χ1n) is 14.5. The zero-order chi connectivity index (χ0) is 31.4. The fourth-order valence-corrected chi connectivity index (χ4v) is 6.91. The van der Waals surface area contributed by atoms with Crippen molar-refractivity contribution in [1.82, 2.24) is 33.7 Å². The summed E-state index contributed by atoms with van der Waals surface area (Å²) < 4.78 is 67.5. The summed E-state index contributed by atoms with van der Waals surface area (Å²) in [5.74, 6) is 0.544. The lowest BCUT2D eigenvalue weighted by Crippen LogP contribution is -2.48. The molecule has 1 aromatic carbocycles. The van der Waals surface area contributed by atoms with Crippen LogP contribution in [0.1, 0.15) is 31.5 Å². The molecule has 18 heteroatoms. The molecule has 0 bridgehead atoms. The van der Waals surface area contributed by atoms with Crippen LogP contribution in [0.15, 0.2) is 18.2 Å². The maximum atomic E-state index is 14.5. The highest BCUT2D eigenvalue weighted by atomic mass is 35.5. The van der Waals surface area contributed by atoms with E-state index in [1.807, 2.05) is 19.0 Å². The van der Waals surface area contributed by atoms with Crippen molar-refractivity contribution in [1.29, 1.82) is 0 Å². The van der Waals surface area contributed by atoms with E-state index in [4.69, 9.17) is 36.0 Å². The summed E-state index contributed by atoms with van der Waals surface area (Å²) in [6, 6.07) is 4.95. The van der Waals surface area contributed by atoms with Gasteiger partial charge in [-0.1, -0.05) is 6.07 Å². The van der Waals surface area contributed by atoms with E-state index < -0.39 is 27.5 Å². The van der Waals surface area contributed by atoms with Crippen molar-refractivity contribution in [3.8, 4) is 11.7 Å². The van der Waals surface area contributed by atoms with Gasteiger partial charge in [0.25, 0.3) is 6.43 Å². The normalized spacial score (nSPS) is 16.8. The predicted molar refractivity (Wildman–Crippen MR) is 171 cm³/mol. The molecule has 0 spiro atoms. The SMILES string of the molecule is COc1cccc2c1nc(C(F)F)n2-c1nc(N2CCOCC2)nc(N(CCCN(C)C)C2CCN(S(=O)(=O)CCl)CC2)n1.Cl. The molecule has 250 valence electrons. The number of nitrogens with zero attached hydrogens (tertiary/aromatic N) is 9. The van der Waals surface area contributed by atoms with Gasteiger partial charge in [0.15, 0.2) is 5.82 Å². The number of hydrogen-bond donors (Lipinski definition) is 0. The fraction of sp³-hybridized carbons (Fsp3) is 0.630. The molecular weight excluding hydrogens is 655 g/mol. The standard InChI is InChI=1S/C27H38ClF2N9O4S.ClH/c1-35(2)10-5-11-38(19-8-12-37(13-9-19)44(40,41)18-28)26-32-25(36-14-16-43-17-15-36)33-27(34-26)39-20-6-4-7-21(42-3)22(20)31-24(39)23(29)30;/h4,6-7,19,23H,5,8-18H2,1-3H3;1H. The van der Waals surface area contributed by atoms with E-state index >= 15 is 0 Å². The highest BCUT2D eigenvalue weighted by Gasteiger charge is 2.33. The Morgan fingerprint density at radius 1 is 1.04 bits per heavy atom. The number of ether oxygens (including phenoxy) is 2. The Labute approximate surface area is 272 Å². The zero-order valence-electron chi connectivity index (χ0n) is 25.5. The van der Waals surface area contributed by atoms with Crippen molar-refractivity contribution in [3.05, 3.63) is 24.0 Å². The molecule has 2 fully saturated rings. The van der Waals surface area contributed by atoms with Gasteiger partial charge in [-0.25, -0.2) is 26.5 Å². The van der Waals surface area contributed by atoms with E-state index in [1.54, 1.807) is 18.2 Å². The van der Waals surface area contributed by atoms with Crippen LogP contribution in [-0.2, 0) is 14.8 Å². The maximum Gasteiger partial charge on any atom is 0.296 e. The first kappa shape index (κ1) is 35.2. The molecule has 5 rings (SSSR count). The maximum absolute atomic E-state index is 14.5. The second kappa shape index (κ2) is 15.3. The molecule has 2 aliphatic rings. The Balaban J connectivity index is 0.00000461. The molecule has 0 atom stereocenters. The van der Waals surface area contributed by atoms with E-state index in [2.05, 4.69) is 14.8 Å². The van der Waals surface area contributed by atoms with Gasteiger partial charge in [0.1, 0.15) is 16.5 Å². The van der Waals surface area contributed by atoms with Crippen LogP contribution in [0.25, 0.3) is 17.0 Å². The van der Waals surface area contributed by atoms with Crippen LogP contribution in [0.5, 0.6) is 5.75 Å². The van der Waals surface area contributed by atoms with Crippen molar-refractivity contribution >= 4 is 57.0 Å². The Morgan fingerprint density at radius 2 is 1.73 bits per heavy atom. The van der Waals surface area contributed by atoms with E-state index in [0.29, 0.717) is 81.9 Å². The van der Waals surface area contributed by atoms with E-state index in [-0.39, 0.29) is 29.9 Å². The zero-order valence-corrected chi connectivity index (χ0v) is 27.9. The number of piperidine rings is 1. The Bertz CT molecular complexity index is 1540. The van der Waals surface area contributed by atoms with Crippen molar-refractivity contribution in [2.75, 3.05) is 88.7 Å². The van der Waals surface area contributed by atoms with Crippen molar-refractivity contribution in [3.63, 3.8) is 0 Å². The summed E-state index contributed by atoms with van der Waals surface area (Å²) in [6.07, 6.45) is -1.09. The number of benzene rings is 1. The Morgan fingerprint density at radius 3 is 2.36 bits per heavy atom. The van der Waals surface area contributed by atoms with Gasteiger partial charge in [-0.05, 0) is 52.0 Å². The summed E-state index contributed by atoms with van der Waals surface area (Å²) in [5.41, 5.74) is 0.652. The van der Waals surface area contributed by atoms with Gasteiger partial charge in [0.2, 0.25) is 27.9 Å². The average Bonchev–Trinajstić information content (AvgIpc) is 3.44. The number of rotatable bonds is 12. The van der Waals surface area contributed by atoms with Crippen LogP contribution in [0.4, 0.5) is 20.7 Å². The molecule has 0 aliphatic carbocycles. The smallest absolute Gasteiger partial charge is 0.296 e. The summed E-state index contributed by atoms with van der Waals surface area (Å²) in [4.78, 5) is 24.7. The first-order chi connectivity index (χ1) is 21.1. The van der Waals surface area contributed by atoms with E-state index in [9.17, 15) is 17.2 Å². The third-order valence-electron chi connectivity index (χ3n) is 7.84. The van der Waals surface area contributed by atoms with Gasteiger partial charge >= 0.3 is 0 Å². The largest absolute Gasteiger partial charge is 0.494 e. The average molecular weight is 695 g/mol. The summed E-state index contributed by atoms with van der Waals surface area (Å²) in [6.45, 7) is 3.98. The number of methoxy groups -OCH3 is 1. The number of fused-ring (bicyclic) bond motifs is 1. The third-order valence-corrected chi connectivity index (χ3v) is 10.1. The van der Waals surface area contributed by atoms with Crippen LogP contribution in [-0.4, -0.2) is 127 Å². The lowest BCUT2D eigenvalue weighted by Gasteiger charge is -2.38. The number of anilines is 2. The lowest BCUT2D eigenvalue weighted by atomic mass is 10.0. The second-order valence-corrected chi connectivity index (χ2v) is 13.5. The van der Waals surface area contributed by atoms with Crippen molar-refractivity contribution < 1.29 is 26.7 Å². The molecule has 0 unspecified atom stereocenters. The molecule has 4 heterocycles. The third kappa shape index (κ3) is 7.85. The molecule has 13 nitrogen and oxygen atoms in total. The van der Waals surface area contributed by atoms with Gasteiger partial charge in [-0.3, -0.25) is 4.57 Å². The van der Waals surface area contributed by atoms with Gasteiger partial charge in [-0.15, -0.1) is 24.0 Å². The Kier molecular flexibility index (Phi) is 12.0. The van der Waals surface area contributed by atoms with Crippen LogP contribution < -0.4 is 14.5 Å². The minimum absolute atomic E-state index is 0. The fourth-order valence-electron chi connectivity index (χ4n) is 5.59. The second-order valence-electron chi connectivity index (χ2n) is 11.0. The van der Waals surface area contributed by atoms with Crippen LogP contribution in [0.3, 0.4) is 0 Å². The minimum Gasteiger partial charge on any atom is -0.494 e. The minimum atomic E-state index is -3.54. The molecule has 0 saturated carbocycles. The molecule has 3 aromatic rings. The number of sulfonamides is 1. The number of para-hydroxylation sites is 1. The van der Waals surface area contributed by atoms with E-state index in [1.165, 1.54) is 16.0 Å².